The Bertz CT molecular complexity index is 437. The van der Waals surface area contributed by atoms with E-state index < -0.39 is 5.97 Å². The molecule has 2 rings (SSSR count). The summed E-state index contributed by atoms with van der Waals surface area (Å²) >= 11 is 0. The van der Waals surface area contributed by atoms with Gasteiger partial charge in [0.25, 0.3) is 0 Å². The predicted octanol–water partition coefficient (Wildman–Crippen LogP) is 2.63. The zero-order valence-corrected chi connectivity index (χ0v) is 12.4. The molecule has 112 valence electrons. The van der Waals surface area contributed by atoms with E-state index >= 15 is 0 Å². The van der Waals surface area contributed by atoms with Gasteiger partial charge in [-0.15, -0.1) is 0 Å². The number of nitrogens with zero attached hydrogens (tertiary/aromatic N) is 1. The van der Waals surface area contributed by atoms with Crippen LogP contribution in [-0.4, -0.2) is 44.3 Å². The van der Waals surface area contributed by atoms with Crippen molar-refractivity contribution in [3.8, 4) is 0 Å². The van der Waals surface area contributed by atoms with Crippen molar-refractivity contribution in [1.29, 1.82) is 0 Å². The van der Waals surface area contributed by atoms with Crippen molar-refractivity contribution >= 4 is 5.97 Å². The van der Waals surface area contributed by atoms with E-state index in [2.05, 4.69) is 16.6 Å². The lowest BCUT2D eigenvalue weighted by Crippen LogP contribution is -2.34. The molecule has 0 radical (unpaired) electrons. The zero-order chi connectivity index (χ0) is 14.5. The number of likely N-dealkylation sites (N-methyl/N-ethyl adjacent to an activating group) is 1. The molecular weight excluding hydrogens is 258 g/mol. The summed E-state index contributed by atoms with van der Waals surface area (Å²) in [5.41, 5.74) is 0. The Labute approximate surface area is 119 Å². The summed E-state index contributed by atoms with van der Waals surface area (Å²) < 4.78 is 15.9. The molecule has 5 heteroatoms. The second kappa shape index (κ2) is 6.90. The lowest BCUT2D eigenvalue weighted by molar-refractivity contribution is -0.00859. The summed E-state index contributed by atoms with van der Waals surface area (Å²) in [4.78, 5) is 13.6. The van der Waals surface area contributed by atoms with Crippen molar-refractivity contribution in [3.05, 3.63) is 23.7 Å². The van der Waals surface area contributed by atoms with Crippen LogP contribution in [0, 0.1) is 0 Å². The molecule has 5 nitrogen and oxygen atoms in total. The van der Waals surface area contributed by atoms with Gasteiger partial charge in [-0.1, -0.05) is 0 Å². The Hall–Kier alpha value is -1.33. The number of ether oxygens (including phenoxy) is 2. The second-order valence-electron chi connectivity index (χ2n) is 5.30. The maximum Gasteiger partial charge on any atom is 0.373 e. The molecule has 2 heterocycles. The molecule has 20 heavy (non-hydrogen) atoms. The van der Waals surface area contributed by atoms with Crippen LogP contribution < -0.4 is 0 Å². The molecule has 0 aliphatic carbocycles. The van der Waals surface area contributed by atoms with Gasteiger partial charge in [0, 0.05) is 13.2 Å². The van der Waals surface area contributed by atoms with Crippen molar-refractivity contribution in [3.63, 3.8) is 0 Å². The average molecular weight is 281 g/mol. The van der Waals surface area contributed by atoms with Crippen molar-refractivity contribution in [2.24, 2.45) is 0 Å². The predicted molar refractivity (Wildman–Crippen MR) is 74.7 cm³/mol. The van der Waals surface area contributed by atoms with Crippen molar-refractivity contribution < 1.29 is 18.7 Å². The van der Waals surface area contributed by atoms with E-state index in [1.165, 1.54) is 13.5 Å². The highest BCUT2D eigenvalue weighted by atomic mass is 16.5. The molecule has 1 saturated heterocycles. The van der Waals surface area contributed by atoms with E-state index in [0.29, 0.717) is 6.10 Å². The van der Waals surface area contributed by atoms with Crippen LogP contribution in [0.5, 0.6) is 0 Å². The Kier molecular flexibility index (Phi) is 5.20. The van der Waals surface area contributed by atoms with Crippen LogP contribution in [0.15, 0.2) is 16.5 Å². The number of furan rings is 1. The molecule has 0 amide bonds. The molecule has 1 aliphatic heterocycles. The molecule has 0 spiro atoms. The number of methoxy groups -OCH3 is 1. The number of esters is 1. The first-order valence-electron chi connectivity index (χ1n) is 7.11. The van der Waals surface area contributed by atoms with E-state index in [-0.39, 0.29) is 11.8 Å². The molecule has 2 unspecified atom stereocenters. The van der Waals surface area contributed by atoms with Crippen molar-refractivity contribution in [2.45, 2.75) is 38.3 Å². The van der Waals surface area contributed by atoms with Gasteiger partial charge in [-0.3, -0.25) is 4.90 Å². The second-order valence-corrected chi connectivity index (χ2v) is 5.30. The van der Waals surface area contributed by atoms with Gasteiger partial charge in [-0.2, -0.15) is 0 Å². The number of hydrogen-bond donors (Lipinski definition) is 0. The Morgan fingerprint density at radius 3 is 2.95 bits per heavy atom. The highest BCUT2D eigenvalue weighted by Crippen LogP contribution is 2.23. The SMILES string of the molecule is COC(=O)c1ccc(C(C)N(C)CC2CCCCO2)o1. The molecule has 1 aromatic rings. The van der Waals surface area contributed by atoms with Gasteiger partial charge in [0.05, 0.1) is 19.3 Å². The summed E-state index contributed by atoms with van der Waals surface area (Å²) in [5.74, 6) is 0.571. The average Bonchev–Trinajstić information content (AvgIpc) is 2.96. The minimum atomic E-state index is -0.443. The molecule has 1 aliphatic rings. The van der Waals surface area contributed by atoms with E-state index in [4.69, 9.17) is 9.15 Å². The summed E-state index contributed by atoms with van der Waals surface area (Å²) in [5, 5.41) is 0. The van der Waals surface area contributed by atoms with Crippen LogP contribution in [-0.2, 0) is 9.47 Å². The maximum absolute atomic E-state index is 11.4. The highest BCUT2D eigenvalue weighted by molar-refractivity contribution is 5.86. The molecule has 0 saturated carbocycles. The lowest BCUT2D eigenvalue weighted by atomic mass is 10.1. The van der Waals surface area contributed by atoms with Crippen LogP contribution in [0.25, 0.3) is 0 Å². The Morgan fingerprint density at radius 2 is 2.30 bits per heavy atom. The van der Waals surface area contributed by atoms with Gasteiger partial charge in [0.2, 0.25) is 5.76 Å². The van der Waals surface area contributed by atoms with Crippen molar-refractivity contribution in [1.82, 2.24) is 4.90 Å². The van der Waals surface area contributed by atoms with E-state index in [9.17, 15) is 4.79 Å². The largest absolute Gasteiger partial charge is 0.463 e. The van der Waals surface area contributed by atoms with Gasteiger partial charge in [-0.05, 0) is 45.4 Å². The highest BCUT2D eigenvalue weighted by Gasteiger charge is 2.22. The monoisotopic (exact) mass is 281 g/mol. The van der Waals surface area contributed by atoms with Crippen LogP contribution in [0.4, 0.5) is 0 Å². The molecule has 1 fully saturated rings. The fourth-order valence-corrected chi connectivity index (χ4v) is 2.44. The third-order valence-electron chi connectivity index (χ3n) is 3.85. The van der Waals surface area contributed by atoms with Gasteiger partial charge in [-0.25, -0.2) is 4.79 Å². The number of hydrogen-bond acceptors (Lipinski definition) is 5. The Balaban J connectivity index is 1.93. The quantitative estimate of drug-likeness (QED) is 0.777. The topological polar surface area (TPSA) is 51.9 Å². The van der Waals surface area contributed by atoms with Crippen molar-refractivity contribution in [2.75, 3.05) is 27.3 Å². The standard InChI is InChI=1S/C15H23NO4/c1-11(13-7-8-14(20-13)15(17)18-3)16(2)10-12-6-4-5-9-19-12/h7-8,11-12H,4-6,9-10H2,1-3H3. The minimum Gasteiger partial charge on any atom is -0.463 e. The van der Waals surface area contributed by atoms with Gasteiger partial charge < -0.3 is 13.9 Å². The van der Waals surface area contributed by atoms with Gasteiger partial charge in [0.1, 0.15) is 5.76 Å². The fourth-order valence-electron chi connectivity index (χ4n) is 2.44. The molecule has 1 aromatic heterocycles. The lowest BCUT2D eigenvalue weighted by Gasteiger charge is -2.30. The maximum atomic E-state index is 11.4. The van der Waals surface area contributed by atoms with E-state index in [1.54, 1.807) is 6.07 Å². The summed E-state index contributed by atoms with van der Waals surface area (Å²) in [6, 6.07) is 3.58. The first-order valence-corrected chi connectivity index (χ1v) is 7.11. The Morgan fingerprint density at radius 1 is 1.50 bits per heavy atom. The first kappa shape index (κ1) is 15.1. The number of rotatable bonds is 5. The van der Waals surface area contributed by atoms with E-state index in [1.807, 2.05) is 13.1 Å². The third kappa shape index (κ3) is 3.61. The molecular formula is C15H23NO4. The third-order valence-corrected chi connectivity index (χ3v) is 3.85. The van der Waals surface area contributed by atoms with Crippen LogP contribution in [0.1, 0.15) is 48.5 Å². The van der Waals surface area contributed by atoms with Gasteiger partial charge >= 0.3 is 5.97 Å². The van der Waals surface area contributed by atoms with Crippen LogP contribution in [0.2, 0.25) is 0 Å². The van der Waals surface area contributed by atoms with Gasteiger partial charge in [0.15, 0.2) is 0 Å². The minimum absolute atomic E-state index is 0.0962. The number of carbonyl (C=O) groups is 1. The van der Waals surface area contributed by atoms with E-state index in [0.717, 1.165) is 31.8 Å². The summed E-state index contributed by atoms with van der Waals surface area (Å²) in [6.45, 7) is 3.79. The van der Waals surface area contributed by atoms with Crippen LogP contribution in [0.3, 0.4) is 0 Å². The first-order chi connectivity index (χ1) is 9.61. The smallest absolute Gasteiger partial charge is 0.373 e. The number of carbonyl (C=O) groups excluding carboxylic acids is 1. The molecule has 0 bridgehead atoms. The molecule has 0 N–H and O–H groups in total. The zero-order valence-electron chi connectivity index (χ0n) is 12.4. The summed E-state index contributed by atoms with van der Waals surface area (Å²) in [6.07, 6.45) is 3.81. The molecule has 0 aromatic carbocycles. The van der Waals surface area contributed by atoms with Crippen LogP contribution >= 0.6 is 0 Å². The normalized spacial score (nSPS) is 20.9. The summed E-state index contributed by atoms with van der Waals surface area (Å²) in [7, 11) is 3.39. The molecule has 2 atom stereocenters. The fraction of sp³-hybridized carbons (Fsp3) is 0.667.